The fraction of sp³-hybridized carbons (Fsp3) is 0.179. The van der Waals surface area contributed by atoms with Crippen LogP contribution >= 0.6 is 11.6 Å². The Bertz CT molecular complexity index is 1510. The van der Waals surface area contributed by atoms with Gasteiger partial charge in [-0.2, -0.15) is 4.98 Å². The number of hydrazine groups is 1. The summed E-state index contributed by atoms with van der Waals surface area (Å²) in [7, 11) is 0. The Kier molecular flexibility index (Phi) is 7.76. The van der Waals surface area contributed by atoms with Crippen molar-refractivity contribution in [3.8, 4) is 16.9 Å². The number of ether oxygens (including phenoxy) is 1. The molecule has 1 fully saturated rings. The third-order valence-corrected chi connectivity index (χ3v) is 6.38. The van der Waals surface area contributed by atoms with Gasteiger partial charge in [0.15, 0.2) is 11.6 Å². The number of aromatic hydroxyl groups is 1. The Morgan fingerprint density at radius 3 is 2.64 bits per heavy atom. The van der Waals surface area contributed by atoms with Gasteiger partial charge in [0.05, 0.1) is 19.4 Å². The summed E-state index contributed by atoms with van der Waals surface area (Å²) in [6.45, 7) is 3.84. The number of aryl methyl sites for hydroxylation is 1. The molecule has 39 heavy (non-hydrogen) atoms. The zero-order valence-corrected chi connectivity index (χ0v) is 21.8. The number of rotatable bonds is 7. The molecule has 1 amide bonds. The molecular formula is C28H26ClFN6O3. The number of phenols is 1. The van der Waals surface area contributed by atoms with Crippen molar-refractivity contribution in [3.63, 3.8) is 0 Å². The molecule has 200 valence electrons. The lowest BCUT2D eigenvalue weighted by Gasteiger charge is -2.28. The van der Waals surface area contributed by atoms with Crippen LogP contribution in [-0.4, -0.2) is 47.3 Å². The van der Waals surface area contributed by atoms with Gasteiger partial charge in [0, 0.05) is 35.1 Å². The molecule has 1 aliphatic heterocycles. The van der Waals surface area contributed by atoms with Gasteiger partial charge in [0.2, 0.25) is 5.95 Å². The molecule has 0 radical (unpaired) electrons. The van der Waals surface area contributed by atoms with Crippen molar-refractivity contribution in [3.05, 3.63) is 88.8 Å². The summed E-state index contributed by atoms with van der Waals surface area (Å²) in [5, 5.41) is 13.7. The van der Waals surface area contributed by atoms with E-state index in [9.17, 15) is 14.3 Å². The number of aromatic nitrogens is 2. The van der Waals surface area contributed by atoms with E-state index in [0.717, 1.165) is 34.3 Å². The number of anilines is 4. The highest BCUT2D eigenvalue weighted by Gasteiger charge is 2.18. The van der Waals surface area contributed by atoms with Crippen molar-refractivity contribution in [1.29, 1.82) is 0 Å². The van der Waals surface area contributed by atoms with E-state index in [1.54, 1.807) is 41.3 Å². The Hall–Kier alpha value is -4.41. The Balaban J connectivity index is 1.26. The summed E-state index contributed by atoms with van der Waals surface area (Å²) in [4.78, 5) is 22.7. The number of carbonyl (C=O) groups excluding carboxylic acids is 1. The van der Waals surface area contributed by atoms with Crippen LogP contribution in [0, 0.1) is 12.7 Å². The largest absolute Gasteiger partial charge is 0.508 e. The quantitative estimate of drug-likeness (QED) is 0.231. The van der Waals surface area contributed by atoms with Gasteiger partial charge in [0.1, 0.15) is 5.75 Å². The van der Waals surface area contributed by atoms with Crippen LogP contribution in [0.3, 0.4) is 0 Å². The van der Waals surface area contributed by atoms with E-state index < -0.39 is 11.7 Å². The number of amides is 1. The predicted octanol–water partition coefficient (Wildman–Crippen LogP) is 5.29. The molecule has 0 saturated carbocycles. The smallest absolute Gasteiger partial charge is 0.269 e. The van der Waals surface area contributed by atoms with E-state index in [1.165, 1.54) is 0 Å². The van der Waals surface area contributed by atoms with Crippen molar-refractivity contribution < 1.29 is 19.0 Å². The lowest BCUT2D eigenvalue weighted by atomic mass is 10.0. The number of phenolic OH excluding ortho intramolecular Hbond substituents is 1. The number of halogens is 2. The maximum absolute atomic E-state index is 14.3. The van der Waals surface area contributed by atoms with Crippen LogP contribution in [0.15, 0.2) is 66.9 Å². The number of hydrogen-bond acceptors (Lipinski definition) is 8. The third kappa shape index (κ3) is 6.36. The molecule has 0 bridgehead atoms. The molecule has 0 spiro atoms. The van der Waals surface area contributed by atoms with Crippen LogP contribution in [-0.2, 0) is 4.74 Å². The fourth-order valence-electron chi connectivity index (χ4n) is 4.27. The summed E-state index contributed by atoms with van der Waals surface area (Å²) in [5.41, 5.74) is 9.60. The summed E-state index contributed by atoms with van der Waals surface area (Å²) in [6, 6.07) is 17.8. The van der Waals surface area contributed by atoms with Crippen LogP contribution in [0.5, 0.6) is 5.75 Å². The molecule has 0 atom stereocenters. The molecule has 4 aromatic rings. The predicted molar refractivity (Wildman–Crippen MR) is 149 cm³/mol. The van der Waals surface area contributed by atoms with Gasteiger partial charge in [-0.1, -0.05) is 23.7 Å². The van der Waals surface area contributed by atoms with E-state index in [2.05, 4.69) is 26.1 Å². The van der Waals surface area contributed by atoms with Crippen molar-refractivity contribution >= 4 is 40.6 Å². The molecule has 0 unspecified atom stereocenters. The Morgan fingerprint density at radius 1 is 1.05 bits per heavy atom. The zero-order valence-electron chi connectivity index (χ0n) is 21.0. The number of nitrogens with zero attached hydrogens (tertiary/aromatic N) is 3. The lowest BCUT2D eigenvalue weighted by Crippen LogP contribution is -2.38. The van der Waals surface area contributed by atoms with Gasteiger partial charge in [-0.05, 0) is 72.1 Å². The second kappa shape index (κ2) is 11.5. The molecule has 11 heteroatoms. The highest BCUT2D eigenvalue weighted by atomic mass is 35.5. The first-order chi connectivity index (χ1) is 18.9. The van der Waals surface area contributed by atoms with Gasteiger partial charge in [-0.3, -0.25) is 15.6 Å². The summed E-state index contributed by atoms with van der Waals surface area (Å²) >= 11 is 6.35. The average molecular weight is 549 g/mol. The highest BCUT2D eigenvalue weighted by Crippen LogP contribution is 2.31. The minimum absolute atomic E-state index is 0.0747. The summed E-state index contributed by atoms with van der Waals surface area (Å²) in [5.74, 6) is -0.532. The van der Waals surface area contributed by atoms with Crippen LogP contribution in [0.25, 0.3) is 11.1 Å². The SMILES string of the molecule is Cc1cc(Nc2cc(Cl)cc(-c3cccc(O)c3)c2)ccc1C(=O)NNc1ncc(F)c(N2CCOCC2)n1. The van der Waals surface area contributed by atoms with Crippen molar-refractivity contribution in [2.24, 2.45) is 0 Å². The van der Waals surface area contributed by atoms with E-state index >= 15 is 0 Å². The van der Waals surface area contributed by atoms with Crippen molar-refractivity contribution in [2.75, 3.05) is 41.9 Å². The molecule has 3 aromatic carbocycles. The average Bonchev–Trinajstić information content (AvgIpc) is 2.93. The fourth-order valence-corrected chi connectivity index (χ4v) is 4.51. The molecule has 0 aliphatic carbocycles. The third-order valence-electron chi connectivity index (χ3n) is 6.16. The first-order valence-electron chi connectivity index (χ1n) is 12.2. The van der Waals surface area contributed by atoms with Crippen molar-refractivity contribution in [1.82, 2.24) is 15.4 Å². The van der Waals surface area contributed by atoms with E-state index in [-0.39, 0.29) is 17.5 Å². The maximum Gasteiger partial charge on any atom is 0.269 e. The number of benzene rings is 3. The molecule has 1 aromatic heterocycles. The normalized spacial score (nSPS) is 13.2. The van der Waals surface area contributed by atoms with Gasteiger partial charge >= 0.3 is 0 Å². The first kappa shape index (κ1) is 26.2. The van der Waals surface area contributed by atoms with Gasteiger partial charge in [-0.15, -0.1) is 0 Å². The van der Waals surface area contributed by atoms with Gasteiger partial charge in [-0.25, -0.2) is 9.37 Å². The second-order valence-corrected chi connectivity index (χ2v) is 9.41. The van der Waals surface area contributed by atoms with E-state index in [4.69, 9.17) is 16.3 Å². The molecule has 1 saturated heterocycles. The topological polar surface area (TPSA) is 112 Å². The van der Waals surface area contributed by atoms with Crippen LogP contribution in [0.4, 0.5) is 27.5 Å². The minimum Gasteiger partial charge on any atom is -0.508 e. The number of hydrogen-bond donors (Lipinski definition) is 4. The van der Waals surface area contributed by atoms with Gasteiger partial charge in [0.25, 0.3) is 5.91 Å². The number of nitrogens with one attached hydrogen (secondary N) is 3. The first-order valence-corrected chi connectivity index (χ1v) is 12.6. The van der Waals surface area contributed by atoms with Gasteiger partial charge < -0.3 is 20.1 Å². The summed E-state index contributed by atoms with van der Waals surface area (Å²) in [6.07, 6.45) is 1.07. The molecular weight excluding hydrogens is 523 g/mol. The standard InChI is InChI=1S/C28H26ClFN6O3/c1-17-11-21(32-22-13-19(12-20(29)15-22)18-3-2-4-23(37)14-18)5-6-24(17)27(38)34-35-28-31-16-25(30)26(33-28)36-7-9-39-10-8-36/h2-6,11-16,32,37H,7-10H2,1H3,(H,34,38)(H,31,33,35). The Morgan fingerprint density at radius 2 is 1.87 bits per heavy atom. The van der Waals surface area contributed by atoms with Crippen LogP contribution in [0.2, 0.25) is 5.02 Å². The molecule has 1 aliphatic rings. The zero-order chi connectivity index (χ0) is 27.4. The lowest BCUT2D eigenvalue weighted by molar-refractivity contribution is 0.0961. The second-order valence-electron chi connectivity index (χ2n) is 8.98. The van der Waals surface area contributed by atoms with Crippen LogP contribution < -0.4 is 21.1 Å². The summed E-state index contributed by atoms with van der Waals surface area (Å²) < 4.78 is 19.6. The molecule has 2 heterocycles. The molecule has 9 nitrogen and oxygen atoms in total. The molecule has 4 N–H and O–H groups in total. The van der Waals surface area contributed by atoms with E-state index in [1.807, 2.05) is 31.2 Å². The molecule has 5 rings (SSSR count). The minimum atomic E-state index is -0.540. The van der Waals surface area contributed by atoms with E-state index in [0.29, 0.717) is 36.9 Å². The Labute approximate surface area is 229 Å². The number of carbonyl (C=O) groups is 1. The van der Waals surface area contributed by atoms with Crippen molar-refractivity contribution in [2.45, 2.75) is 6.92 Å². The monoisotopic (exact) mass is 548 g/mol. The number of morpholine rings is 1. The highest BCUT2D eigenvalue weighted by molar-refractivity contribution is 6.31. The van der Waals surface area contributed by atoms with Crippen LogP contribution in [0.1, 0.15) is 15.9 Å². The maximum atomic E-state index is 14.3.